The molecule has 2 saturated heterocycles. The van der Waals surface area contributed by atoms with Gasteiger partial charge in [-0.2, -0.15) is 0 Å². The molecule has 1 atom stereocenters. The number of hydrogen-bond acceptors (Lipinski definition) is 3. The number of amides is 3. The molecule has 6 nitrogen and oxygen atoms in total. The number of hydrogen-bond donors (Lipinski definition) is 1. The van der Waals surface area contributed by atoms with Gasteiger partial charge in [0, 0.05) is 58.8 Å². The number of piperidine rings is 1. The summed E-state index contributed by atoms with van der Waals surface area (Å²) in [4.78, 5) is 30.4. The van der Waals surface area contributed by atoms with Crippen molar-refractivity contribution in [1.29, 1.82) is 0 Å². The Morgan fingerprint density at radius 1 is 1.04 bits per heavy atom. The Balaban J connectivity index is 1.56. The van der Waals surface area contributed by atoms with Crippen LogP contribution in [0.3, 0.4) is 0 Å². The third-order valence-corrected chi connectivity index (χ3v) is 5.19. The molecular weight excluding hydrogens is 316 g/mol. The van der Waals surface area contributed by atoms with Crippen molar-refractivity contribution in [2.75, 3.05) is 46.8 Å². The summed E-state index contributed by atoms with van der Waals surface area (Å²) >= 11 is 0. The largest absolute Gasteiger partial charge is 0.339 e. The quantitative estimate of drug-likeness (QED) is 0.886. The van der Waals surface area contributed by atoms with E-state index >= 15 is 0 Å². The van der Waals surface area contributed by atoms with E-state index in [-0.39, 0.29) is 23.9 Å². The van der Waals surface area contributed by atoms with Gasteiger partial charge < -0.3 is 20.0 Å². The van der Waals surface area contributed by atoms with Crippen molar-refractivity contribution in [2.24, 2.45) is 5.92 Å². The molecule has 2 aliphatic heterocycles. The van der Waals surface area contributed by atoms with Gasteiger partial charge in [0.15, 0.2) is 0 Å². The summed E-state index contributed by atoms with van der Waals surface area (Å²) in [7, 11) is 3.54. The zero-order chi connectivity index (χ0) is 17.8. The molecule has 2 aliphatic rings. The standard InChI is InChI=1S/C19H28N4O2/c1-21(2)19(25)22-11-8-16(9-12-22)18(24)23-13-10-20-17(14-23)15-6-4-3-5-7-15/h3-7,16-17,20H,8-14H2,1-2H3. The minimum Gasteiger partial charge on any atom is -0.339 e. The number of piperazine rings is 1. The Kier molecular flexibility index (Phi) is 5.58. The minimum atomic E-state index is 0.0391. The molecule has 0 bridgehead atoms. The Labute approximate surface area is 149 Å². The fourth-order valence-corrected chi connectivity index (χ4v) is 3.72. The van der Waals surface area contributed by atoms with Crippen molar-refractivity contribution in [3.8, 4) is 0 Å². The summed E-state index contributed by atoms with van der Waals surface area (Å²) in [5, 5.41) is 3.51. The third-order valence-electron chi connectivity index (χ3n) is 5.19. The van der Waals surface area contributed by atoms with Gasteiger partial charge >= 0.3 is 6.03 Å². The lowest BCUT2D eigenvalue weighted by Gasteiger charge is -2.38. The molecule has 0 saturated carbocycles. The molecular formula is C19H28N4O2. The molecule has 3 rings (SSSR count). The van der Waals surface area contributed by atoms with E-state index in [1.807, 2.05) is 28.0 Å². The van der Waals surface area contributed by atoms with Crippen LogP contribution in [-0.4, -0.2) is 73.5 Å². The smallest absolute Gasteiger partial charge is 0.319 e. The molecule has 0 aliphatic carbocycles. The fraction of sp³-hybridized carbons (Fsp3) is 0.579. The van der Waals surface area contributed by atoms with Crippen molar-refractivity contribution in [2.45, 2.75) is 18.9 Å². The average molecular weight is 344 g/mol. The number of carbonyl (C=O) groups is 2. The second-order valence-electron chi connectivity index (χ2n) is 7.14. The monoisotopic (exact) mass is 344 g/mol. The van der Waals surface area contributed by atoms with Crippen LogP contribution in [0.4, 0.5) is 4.79 Å². The summed E-state index contributed by atoms with van der Waals surface area (Å²) in [5.74, 6) is 0.292. The molecule has 2 heterocycles. The third kappa shape index (κ3) is 4.12. The number of nitrogens with one attached hydrogen (secondary N) is 1. The molecule has 136 valence electrons. The summed E-state index contributed by atoms with van der Waals surface area (Å²) in [6.45, 7) is 3.64. The van der Waals surface area contributed by atoms with Crippen LogP contribution in [0, 0.1) is 5.92 Å². The van der Waals surface area contributed by atoms with Crippen LogP contribution in [-0.2, 0) is 4.79 Å². The zero-order valence-corrected chi connectivity index (χ0v) is 15.1. The maximum absolute atomic E-state index is 12.9. The van der Waals surface area contributed by atoms with E-state index in [1.54, 1.807) is 19.0 Å². The highest BCUT2D eigenvalue weighted by Crippen LogP contribution is 2.23. The number of rotatable bonds is 2. The van der Waals surface area contributed by atoms with Crippen LogP contribution in [0.15, 0.2) is 30.3 Å². The van der Waals surface area contributed by atoms with Gasteiger partial charge in [0.1, 0.15) is 0 Å². The lowest BCUT2D eigenvalue weighted by atomic mass is 9.94. The van der Waals surface area contributed by atoms with Crippen LogP contribution in [0.1, 0.15) is 24.4 Å². The van der Waals surface area contributed by atoms with E-state index in [9.17, 15) is 9.59 Å². The highest BCUT2D eigenvalue weighted by Gasteiger charge is 2.32. The highest BCUT2D eigenvalue weighted by atomic mass is 16.2. The Hall–Kier alpha value is -2.08. The Morgan fingerprint density at radius 2 is 1.72 bits per heavy atom. The van der Waals surface area contributed by atoms with Crippen molar-refractivity contribution < 1.29 is 9.59 Å². The zero-order valence-electron chi connectivity index (χ0n) is 15.1. The molecule has 0 radical (unpaired) electrons. The van der Waals surface area contributed by atoms with Gasteiger partial charge in [-0.15, -0.1) is 0 Å². The minimum absolute atomic E-state index is 0.0391. The van der Waals surface area contributed by atoms with E-state index in [1.165, 1.54) is 5.56 Å². The molecule has 1 aromatic carbocycles. The number of urea groups is 1. The molecule has 0 aromatic heterocycles. The second kappa shape index (κ2) is 7.87. The first kappa shape index (κ1) is 17.7. The molecule has 1 N–H and O–H groups in total. The van der Waals surface area contributed by atoms with E-state index in [4.69, 9.17) is 0 Å². The first-order chi connectivity index (χ1) is 12.1. The summed E-state index contributed by atoms with van der Waals surface area (Å²) in [6, 6.07) is 10.5. The predicted octanol–water partition coefficient (Wildman–Crippen LogP) is 1.55. The summed E-state index contributed by atoms with van der Waals surface area (Å²) in [6.07, 6.45) is 1.52. The van der Waals surface area contributed by atoms with Gasteiger partial charge in [-0.3, -0.25) is 4.79 Å². The fourth-order valence-electron chi connectivity index (χ4n) is 3.72. The first-order valence-electron chi connectivity index (χ1n) is 9.09. The van der Waals surface area contributed by atoms with Gasteiger partial charge in [0.2, 0.25) is 5.91 Å². The number of likely N-dealkylation sites (tertiary alicyclic amines) is 1. The maximum Gasteiger partial charge on any atom is 0.319 e. The van der Waals surface area contributed by atoms with Crippen LogP contribution < -0.4 is 5.32 Å². The van der Waals surface area contributed by atoms with Gasteiger partial charge in [-0.1, -0.05) is 30.3 Å². The van der Waals surface area contributed by atoms with Crippen LogP contribution >= 0.6 is 0 Å². The summed E-state index contributed by atoms with van der Waals surface area (Å²) in [5.41, 5.74) is 1.23. The molecule has 6 heteroatoms. The SMILES string of the molecule is CN(C)C(=O)N1CCC(C(=O)N2CCNC(c3ccccc3)C2)CC1. The normalized spacial score (nSPS) is 21.9. The van der Waals surface area contributed by atoms with E-state index in [0.717, 1.165) is 32.5 Å². The maximum atomic E-state index is 12.9. The molecule has 1 unspecified atom stereocenters. The lowest BCUT2D eigenvalue weighted by molar-refractivity contribution is -0.138. The first-order valence-corrected chi connectivity index (χ1v) is 9.09. The van der Waals surface area contributed by atoms with E-state index in [2.05, 4.69) is 17.4 Å². The molecule has 2 fully saturated rings. The van der Waals surface area contributed by atoms with Crippen molar-refractivity contribution in [3.05, 3.63) is 35.9 Å². The highest BCUT2D eigenvalue weighted by molar-refractivity contribution is 5.80. The van der Waals surface area contributed by atoms with Gasteiger partial charge in [-0.25, -0.2) is 4.79 Å². The van der Waals surface area contributed by atoms with Crippen molar-refractivity contribution >= 4 is 11.9 Å². The van der Waals surface area contributed by atoms with Gasteiger partial charge in [0.25, 0.3) is 0 Å². The van der Waals surface area contributed by atoms with Crippen LogP contribution in [0.5, 0.6) is 0 Å². The Bertz CT molecular complexity index is 597. The van der Waals surface area contributed by atoms with Crippen molar-refractivity contribution in [1.82, 2.24) is 20.0 Å². The van der Waals surface area contributed by atoms with Gasteiger partial charge in [0.05, 0.1) is 0 Å². The number of benzene rings is 1. The molecule has 3 amide bonds. The van der Waals surface area contributed by atoms with Crippen molar-refractivity contribution in [3.63, 3.8) is 0 Å². The van der Waals surface area contributed by atoms with E-state index < -0.39 is 0 Å². The molecule has 1 aromatic rings. The molecule has 0 spiro atoms. The average Bonchev–Trinajstić information content (AvgIpc) is 2.67. The van der Waals surface area contributed by atoms with Crippen LogP contribution in [0.25, 0.3) is 0 Å². The Morgan fingerprint density at radius 3 is 2.36 bits per heavy atom. The second-order valence-corrected chi connectivity index (χ2v) is 7.14. The topological polar surface area (TPSA) is 55.9 Å². The lowest BCUT2D eigenvalue weighted by Crippen LogP contribution is -2.52. The number of carbonyl (C=O) groups excluding carboxylic acids is 2. The van der Waals surface area contributed by atoms with Gasteiger partial charge in [-0.05, 0) is 18.4 Å². The number of nitrogens with zero attached hydrogens (tertiary/aromatic N) is 3. The van der Waals surface area contributed by atoms with E-state index in [0.29, 0.717) is 13.1 Å². The summed E-state index contributed by atoms with van der Waals surface area (Å²) < 4.78 is 0. The molecule has 25 heavy (non-hydrogen) atoms. The van der Waals surface area contributed by atoms with Crippen LogP contribution in [0.2, 0.25) is 0 Å². The predicted molar refractivity (Wildman–Crippen MR) is 97.1 cm³/mol.